The van der Waals surface area contributed by atoms with E-state index >= 15 is 0 Å². The molecule has 2 aliphatic heterocycles. The third-order valence-electron chi connectivity index (χ3n) is 5.02. The second kappa shape index (κ2) is 7.15. The standard InChI is InChI=1S/C21H20FN3O3/c1-28-18-5-9-24-17(18)12-14-19-13(4-6-21(27)7-10-23-11-8-21)15(22)2-3-16(19)25-20(14)26/h2-3,5,9,12,23-24,27H,7-8,10-11H2,1H3,(H,25,26). The van der Waals surface area contributed by atoms with Crippen LogP contribution in [0, 0.1) is 17.7 Å². The van der Waals surface area contributed by atoms with Crippen LogP contribution in [0.4, 0.5) is 10.1 Å². The molecule has 3 heterocycles. The minimum absolute atomic E-state index is 0.0968. The Balaban J connectivity index is 1.81. The van der Waals surface area contributed by atoms with Crippen molar-refractivity contribution in [3.63, 3.8) is 0 Å². The van der Waals surface area contributed by atoms with E-state index in [2.05, 4.69) is 27.5 Å². The van der Waals surface area contributed by atoms with Crippen molar-refractivity contribution >= 4 is 23.2 Å². The van der Waals surface area contributed by atoms with Crippen molar-refractivity contribution in [1.29, 1.82) is 0 Å². The zero-order valence-electron chi connectivity index (χ0n) is 15.4. The number of methoxy groups -OCH3 is 1. The van der Waals surface area contributed by atoms with Gasteiger partial charge in [-0.25, -0.2) is 4.39 Å². The van der Waals surface area contributed by atoms with Crippen molar-refractivity contribution in [3.05, 3.63) is 47.0 Å². The first-order valence-corrected chi connectivity index (χ1v) is 9.04. The van der Waals surface area contributed by atoms with Gasteiger partial charge in [-0.15, -0.1) is 0 Å². The van der Waals surface area contributed by atoms with Gasteiger partial charge in [0, 0.05) is 11.8 Å². The highest BCUT2D eigenvalue weighted by Crippen LogP contribution is 2.37. The van der Waals surface area contributed by atoms with Crippen LogP contribution >= 0.6 is 0 Å². The number of aromatic amines is 1. The van der Waals surface area contributed by atoms with E-state index in [0.717, 1.165) is 0 Å². The minimum Gasteiger partial charge on any atom is -0.495 e. The zero-order chi connectivity index (χ0) is 19.7. The number of piperidine rings is 1. The summed E-state index contributed by atoms with van der Waals surface area (Å²) in [4.78, 5) is 15.5. The van der Waals surface area contributed by atoms with E-state index in [0.29, 0.717) is 48.6 Å². The van der Waals surface area contributed by atoms with Crippen LogP contribution in [0.1, 0.15) is 29.7 Å². The molecule has 0 bridgehead atoms. The third-order valence-corrected chi connectivity index (χ3v) is 5.02. The number of anilines is 1. The van der Waals surface area contributed by atoms with Crippen LogP contribution in [-0.4, -0.2) is 41.8 Å². The molecule has 1 saturated heterocycles. The van der Waals surface area contributed by atoms with E-state index in [1.807, 2.05) is 0 Å². The number of aliphatic hydroxyl groups is 1. The van der Waals surface area contributed by atoms with Gasteiger partial charge in [-0.2, -0.15) is 0 Å². The van der Waals surface area contributed by atoms with Crippen LogP contribution in [0.3, 0.4) is 0 Å². The lowest BCUT2D eigenvalue weighted by Gasteiger charge is -2.27. The third kappa shape index (κ3) is 3.28. The number of carbonyl (C=O) groups is 1. The molecule has 28 heavy (non-hydrogen) atoms. The normalized spacial score (nSPS) is 19.0. The number of nitrogens with one attached hydrogen (secondary N) is 3. The summed E-state index contributed by atoms with van der Waals surface area (Å²) in [6.07, 6.45) is 4.24. The lowest BCUT2D eigenvalue weighted by Crippen LogP contribution is -2.40. The Hall–Kier alpha value is -3.08. The summed E-state index contributed by atoms with van der Waals surface area (Å²) in [7, 11) is 1.53. The van der Waals surface area contributed by atoms with Gasteiger partial charge in [0.25, 0.3) is 5.91 Å². The molecule has 0 aliphatic carbocycles. The summed E-state index contributed by atoms with van der Waals surface area (Å²) >= 11 is 0. The minimum atomic E-state index is -1.16. The number of rotatable bonds is 2. The Labute approximate surface area is 161 Å². The number of H-pyrrole nitrogens is 1. The van der Waals surface area contributed by atoms with Crippen LogP contribution in [0.5, 0.6) is 5.75 Å². The highest BCUT2D eigenvalue weighted by Gasteiger charge is 2.30. The predicted molar refractivity (Wildman–Crippen MR) is 104 cm³/mol. The lowest BCUT2D eigenvalue weighted by molar-refractivity contribution is -0.110. The molecule has 1 aromatic heterocycles. The molecule has 1 amide bonds. The van der Waals surface area contributed by atoms with Crippen LogP contribution in [0.2, 0.25) is 0 Å². The first-order valence-electron chi connectivity index (χ1n) is 9.04. The van der Waals surface area contributed by atoms with Crippen LogP contribution in [-0.2, 0) is 4.79 Å². The smallest absolute Gasteiger partial charge is 0.256 e. The Bertz CT molecular complexity index is 1020. The molecule has 144 valence electrons. The van der Waals surface area contributed by atoms with Gasteiger partial charge in [0.15, 0.2) is 0 Å². The molecule has 2 aromatic rings. The number of benzene rings is 1. The van der Waals surface area contributed by atoms with Gasteiger partial charge >= 0.3 is 0 Å². The maximum absolute atomic E-state index is 14.7. The second-order valence-electron chi connectivity index (χ2n) is 6.85. The first kappa shape index (κ1) is 18.3. The van der Waals surface area contributed by atoms with Crippen molar-refractivity contribution in [2.45, 2.75) is 18.4 Å². The Morgan fingerprint density at radius 3 is 2.82 bits per heavy atom. The number of amides is 1. The monoisotopic (exact) mass is 381 g/mol. The summed E-state index contributed by atoms with van der Waals surface area (Å²) in [5, 5.41) is 16.5. The van der Waals surface area contributed by atoms with E-state index in [1.54, 1.807) is 18.3 Å². The Morgan fingerprint density at radius 2 is 2.07 bits per heavy atom. The molecule has 4 rings (SSSR count). The molecule has 7 heteroatoms. The fourth-order valence-electron chi connectivity index (χ4n) is 3.47. The molecule has 0 saturated carbocycles. The highest BCUT2D eigenvalue weighted by atomic mass is 19.1. The zero-order valence-corrected chi connectivity index (χ0v) is 15.4. The SMILES string of the molecule is COc1cc[nH]c1C=C1C(=O)Nc2ccc(F)c(C#CC3(O)CCNCC3)c21. The molecule has 0 atom stereocenters. The van der Waals surface area contributed by atoms with Crippen molar-refractivity contribution in [3.8, 4) is 17.6 Å². The van der Waals surface area contributed by atoms with Crippen LogP contribution < -0.4 is 15.4 Å². The average Bonchev–Trinajstić information content (AvgIpc) is 3.26. The van der Waals surface area contributed by atoms with Gasteiger partial charge in [-0.1, -0.05) is 11.8 Å². The fraction of sp³-hybridized carbons (Fsp3) is 0.286. The number of hydrogen-bond acceptors (Lipinski definition) is 4. The number of hydrogen-bond donors (Lipinski definition) is 4. The Morgan fingerprint density at radius 1 is 1.29 bits per heavy atom. The van der Waals surface area contributed by atoms with E-state index in [4.69, 9.17) is 4.74 Å². The maximum atomic E-state index is 14.7. The number of fused-ring (bicyclic) bond motifs is 1. The Kier molecular flexibility index (Phi) is 4.67. The largest absolute Gasteiger partial charge is 0.495 e. The number of halogens is 1. The molecule has 4 N–H and O–H groups in total. The van der Waals surface area contributed by atoms with Gasteiger partial charge in [-0.3, -0.25) is 4.79 Å². The highest BCUT2D eigenvalue weighted by molar-refractivity contribution is 6.35. The van der Waals surface area contributed by atoms with Crippen molar-refractivity contribution in [2.75, 3.05) is 25.5 Å². The van der Waals surface area contributed by atoms with Crippen LogP contribution in [0.15, 0.2) is 24.4 Å². The molecular weight excluding hydrogens is 361 g/mol. The van der Waals surface area contributed by atoms with E-state index in [1.165, 1.54) is 19.2 Å². The quantitative estimate of drug-likeness (QED) is 0.474. The van der Waals surface area contributed by atoms with Crippen molar-refractivity contribution in [1.82, 2.24) is 10.3 Å². The molecular formula is C21H20FN3O3. The molecule has 1 fully saturated rings. The average molecular weight is 381 g/mol. The molecule has 0 spiro atoms. The number of carbonyl (C=O) groups excluding carboxylic acids is 1. The molecule has 6 nitrogen and oxygen atoms in total. The summed E-state index contributed by atoms with van der Waals surface area (Å²) in [5.41, 5.74) is 0.705. The number of aromatic nitrogens is 1. The molecule has 1 aromatic carbocycles. The second-order valence-corrected chi connectivity index (χ2v) is 6.85. The van der Waals surface area contributed by atoms with Crippen molar-refractivity contribution < 1.29 is 19.0 Å². The topological polar surface area (TPSA) is 86.4 Å². The molecule has 0 unspecified atom stereocenters. The van der Waals surface area contributed by atoms with E-state index in [9.17, 15) is 14.3 Å². The predicted octanol–water partition coefficient (Wildman–Crippen LogP) is 2.12. The van der Waals surface area contributed by atoms with Gasteiger partial charge in [-0.05, 0) is 50.2 Å². The summed E-state index contributed by atoms with van der Waals surface area (Å²) in [5.74, 6) is 5.32. The van der Waals surface area contributed by atoms with E-state index < -0.39 is 11.4 Å². The summed E-state index contributed by atoms with van der Waals surface area (Å²) in [6, 6.07) is 4.52. The van der Waals surface area contributed by atoms with E-state index in [-0.39, 0.29) is 17.0 Å². The van der Waals surface area contributed by atoms with Crippen molar-refractivity contribution in [2.24, 2.45) is 0 Å². The van der Waals surface area contributed by atoms with Crippen LogP contribution in [0.25, 0.3) is 11.6 Å². The van der Waals surface area contributed by atoms with Gasteiger partial charge < -0.3 is 25.5 Å². The summed E-state index contributed by atoms with van der Waals surface area (Å²) < 4.78 is 19.9. The fourth-order valence-corrected chi connectivity index (χ4v) is 3.47. The first-order chi connectivity index (χ1) is 13.5. The lowest BCUT2D eigenvalue weighted by atomic mass is 9.92. The van der Waals surface area contributed by atoms with Gasteiger partial charge in [0.1, 0.15) is 17.2 Å². The van der Waals surface area contributed by atoms with Gasteiger partial charge in [0.05, 0.1) is 29.6 Å². The number of ether oxygens (including phenoxy) is 1. The molecule has 2 aliphatic rings. The van der Waals surface area contributed by atoms with Gasteiger partial charge in [0.2, 0.25) is 0 Å². The summed E-state index contributed by atoms with van der Waals surface area (Å²) in [6.45, 7) is 1.30. The molecule has 0 radical (unpaired) electrons. The maximum Gasteiger partial charge on any atom is 0.256 e.